The third kappa shape index (κ3) is 1.20. The Bertz CT molecular complexity index is 292. The van der Waals surface area contributed by atoms with Gasteiger partial charge in [0.2, 0.25) is 0 Å². The average Bonchev–Trinajstić information content (AvgIpc) is 2.84. The van der Waals surface area contributed by atoms with Gasteiger partial charge >= 0.3 is 0 Å². The lowest BCUT2D eigenvalue weighted by atomic mass is 10.1. The third-order valence-corrected chi connectivity index (χ3v) is 2.32. The van der Waals surface area contributed by atoms with Crippen LogP contribution in [0.2, 0.25) is 0 Å². The Kier molecular flexibility index (Phi) is 1.61. The molecule has 1 aliphatic rings. The summed E-state index contributed by atoms with van der Waals surface area (Å²) in [5, 5.41) is 10.4. The Hall–Kier alpha value is -1.31. The number of rotatable bonds is 2. The summed E-state index contributed by atoms with van der Waals surface area (Å²) in [5.41, 5.74) is 1.12. The molecule has 0 amide bonds. The fourth-order valence-electron chi connectivity index (χ4n) is 1.52. The monoisotopic (exact) mass is 161 g/mol. The van der Waals surface area contributed by atoms with Gasteiger partial charge < -0.3 is 9.90 Å². The Morgan fingerprint density at radius 2 is 2.00 bits per heavy atom. The molecule has 1 saturated carbocycles. The van der Waals surface area contributed by atoms with Crippen molar-refractivity contribution in [1.29, 1.82) is 0 Å². The first-order valence-electron chi connectivity index (χ1n) is 4.05. The van der Waals surface area contributed by atoms with Crippen molar-refractivity contribution < 1.29 is 9.90 Å². The van der Waals surface area contributed by atoms with Crippen LogP contribution >= 0.6 is 0 Å². The van der Waals surface area contributed by atoms with Crippen LogP contribution in [0.1, 0.15) is 17.9 Å². The highest BCUT2D eigenvalue weighted by Crippen LogP contribution is 2.46. The first-order chi connectivity index (χ1) is 5.79. The number of benzene rings is 1. The lowest BCUT2D eigenvalue weighted by Gasteiger charge is -2.00. The maximum atomic E-state index is 10.4. The number of hydrogen-bond donors (Lipinski definition) is 0. The summed E-state index contributed by atoms with van der Waals surface area (Å²) in [6.45, 7) is 0. The summed E-state index contributed by atoms with van der Waals surface area (Å²) >= 11 is 0. The van der Waals surface area contributed by atoms with E-state index in [0.29, 0.717) is 0 Å². The molecule has 2 rings (SSSR count). The highest BCUT2D eigenvalue weighted by atomic mass is 16.4. The van der Waals surface area contributed by atoms with Crippen LogP contribution in [0.3, 0.4) is 0 Å². The molecule has 1 aromatic carbocycles. The molecule has 1 fully saturated rings. The van der Waals surface area contributed by atoms with Crippen LogP contribution in [0.25, 0.3) is 0 Å². The van der Waals surface area contributed by atoms with Crippen molar-refractivity contribution in [3.05, 3.63) is 35.9 Å². The molecular formula is C10H9O2-. The van der Waals surface area contributed by atoms with E-state index in [9.17, 15) is 9.90 Å². The van der Waals surface area contributed by atoms with Crippen molar-refractivity contribution in [3.63, 3.8) is 0 Å². The van der Waals surface area contributed by atoms with Gasteiger partial charge in [-0.2, -0.15) is 0 Å². The highest BCUT2D eigenvalue weighted by Gasteiger charge is 2.38. The molecule has 0 spiro atoms. The van der Waals surface area contributed by atoms with Crippen LogP contribution in [-0.2, 0) is 4.79 Å². The van der Waals surface area contributed by atoms with Gasteiger partial charge in [-0.15, -0.1) is 0 Å². The lowest BCUT2D eigenvalue weighted by molar-refractivity contribution is -0.308. The topological polar surface area (TPSA) is 40.1 Å². The standard InChI is InChI=1S/C10H10O2/c11-10(12)9-6-8(9)7-4-2-1-3-5-7/h1-5,8-9H,6H2,(H,11,12)/p-1/t8-,9-/m0/s1. The van der Waals surface area contributed by atoms with E-state index in [1.807, 2.05) is 30.3 Å². The largest absolute Gasteiger partial charge is 0.550 e. The molecule has 0 radical (unpaired) electrons. The minimum absolute atomic E-state index is 0.205. The average molecular weight is 161 g/mol. The van der Waals surface area contributed by atoms with E-state index in [2.05, 4.69) is 0 Å². The highest BCUT2D eigenvalue weighted by molar-refractivity contribution is 5.73. The molecule has 1 aromatic rings. The Labute approximate surface area is 70.8 Å². The van der Waals surface area contributed by atoms with Crippen LogP contribution in [0.4, 0.5) is 0 Å². The van der Waals surface area contributed by atoms with E-state index in [0.717, 1.165) is 12.0 Å². The molecule has 0 unspecified atom stereocenters. The summed E-state index contributed by atoms with van der Waals surface area (Å²) in [5.74, 6) is -0.951. The van der Waals surface area contributed by atoms with Crippen molar-refractivity contribution in [2.45, 2.75) is 12.3 Å². The second-order valence-corrected chi connectivity index (χ2v) is 3.18. The van der Waals surface area contributed by atoms with E-state index in [1.54, 1.807) is 0 Å². The molecular weight excluding hydrogens is 152 g/mol. The fraction of sp³-hybridized carbons (Fsp3) is 0.300. The SMILES string of the molecule is O=C([O-])[C@H]1C[C@H]1c1ccccc1. The number of carboxylic acid groups (broad SMARTS) is 1. The van der Waals surface area contributed by atoms with E-state index < -0.39 is 5.97 Å². The van der Waals surface area contributed by atoms with E-state index in [1.165, 1.54) is 0 Å². The molecule has 0 heterocycles. The van der Waals surface area contributed by atoms with Crippen LogP contribution in [-0.4, -0.2) is 5.97 Å². The predicted octanol–water partition coefficient (Wildman–Crippen LogP) is 0.540. The van der Waals surface area contributed by atoms with Crippen molar-refractivity contribution in [3.8, 4) is 0 Å². The summed E-state index contributed by atoms with van der Waals surface area (Å²) in [4.78, 5) is 10.4. The van der Waals surface area contributed by atoms with Crippen molar-refractivity contribution in [1.82, 2.24) is 0 Å². The Morgan fingerprint density at radius 1 is 1.33 bits per heavy atom. The van der Waals surface area contributed by atoms with E-state index in [4.69, 9.17) is 0 Å². The Morgan fingerprint density at radius 3 is 2.50 bits per heavy atom. The zero-order valence-corrected chi connectivity index (χ0v) is 6.57. The zero-order chi connectivity index (χ0) is 8.55. The normalized spacial score (nSPS) is 26.7. The minimum atomic E-state index is -0.913. The molecule has 1 aliphatic carbocycles. The summed E-state index contributed by atoms with van der Waals surface area (Å²) < 4.78 is 0. The number of carbonyl (C=O) groups excluding carboxylic acids is 1. The molecule has 0 N–H and O–H groups in total. The van der Waals surface area contributed by atoms with Crippen molar-refractivity contribution in [2.75, 3.05) is 0 Å². The zero-order valence-electron chi connectivity index (χ0n) is 6.57. The van der Waals surface area contributed by atoms with Gasteiger partial charge in [-0.05, 0) is 17.9 Å². The first-order valence-corrected chi connectivity index (χ1v) is 4.05. The molecule has 2 heteroatoms. The number of carboxylic acids is 1. The van der Waals surface area contributed by atoms with Gasteiger partial charge in [-0.1, -0.05) is 30.3 Å². The minimum Gasteiger partial charge on any atom is -0.550 e. The van der Waals surface area contributed by atoms with Crippen molar-refractivity contribution in [2.24, 2.45) is 5.92 Å². The summed E-state index contributed by atoms with van der Waals surface area (Å²) in [6.07, 6.45) is 0.742. The molecule has 62 valence electrons. The molecule has 0 saturated heterocycles. The smallest absolute Gasteiger partial charge is 0.0451 e. The summed E-state index contributed by atoms with van der Waals surface area (Å²) in [7, 11) is 0. The molecule has 0 bridgehead atoms. The first kappa shape index (κ1) is 7.35. The number of aliphatic carboxylic acids is 1. The maximum absolute atomic E-state index is 10.4. The maximum Gasteiger partial charge on any atom is 0.0451 e. The van der Waals surface area contributed by atoms with E-state index >= 15 is 0 Å². The predicted molar refractivity (Wildman–Crippen MR) is 42.3 cm³/mol. The van der Waals surface area contributed by atoms with Gasteiger partial charge in [0.1, 0.15) is 0 Å². The van der Waals surface area contributed by atoms with Gasteiger partial charge in [0.05, 0.1) is 0 Å². The van der Waals surface area contributed by atoms with E-state index in [-0.39, 0.29) is 11.8 Å². The number of hydrogen-bond acceptors (Lipinski definition) is 2. The van der Waals surface area contributed by atoms with Crippen LogP contribution in [0.15, 0.2) is 30.3 Å². The van der Waals surface area contributed by atoms with Gasteiger partial charge in [-0.3, -0.25) is 0 Å². The lowest BCUT2D eigenvalue weighted by Crippen LogP contribution is -2.24. The second kappa shape index (κ2) is 2.63. The fourth-order valence-corrected chi connectivity index (χ4v) is 1.52. The van der Waals surface area contributed by atoms with Gasteiger partial charge in [0.15, 0.2) is 0 Å². The van der Waals surface area contributed by atoms with Crippen LogP contribution in [0.5, 0.6) is 0 Å². The van der Waals surface area contributed by atoms with Crippen molar-refractivity contribution >= 4 is 5.97 Å². The van der Waals surface area contributed by atoms with Crippen LogP contribution in [0, 0.1) is 5.92 Å². The Balaban J connectivity index is 2.11. The van der Waals surface area contributed by atoms with Gasteiger partial charge in [-0.25, -0.2) is 0 Å². The second-order valence-electron chi connectivity index (χ2n) is 3.18. The van der Waals surface area contributed by atoms with Gasteiger partial charge in [0.25, 0.3) is 0 Å². The quantitative estimate of drug-likeness (QED) is 0.635. The van der Waals surface area contributed by atoms with Gasteiger partial charge in [0, 0.05) is 11.9 Å². The molecule has 2 atom stereocenters. The molecule has 2 nitrogen and oxygen atoms in total. The third-order valence-electron chi connectivity index (χ3n) is 2.32. The van der Waals surface area contributed by atoms with Crippen LogP contribution < -0.4 is 5.11 Å². The molecule has 0 aromatic heterocycles. The summed E-state index contributed by atoms with van der Waals surface area (Å²) in [6, 6.07) is 9.72. The number of carbonyl (C=O) groups is 1. The molecule has 0 aliphatic heterocycles. The molecule has 12 heavy (non-hydrogen) atoms.